The van der Waals surface area contributed by atoms with E-state index in [1.54, 1.807) is 18.2 Å². The van der Waals surface area contributed by atoms with Crippen LogP contribution in [0, 0.1) is 17.1 Å². The Morgan fingerprint density at radius 2 is 1.78 bits per heavy atom. The molecule has 0 radical (unpaired) electrons. The Hall–Kier alpha value is -2.60. The highest BCUT2D eigenvalue weighted by atomic mass is 19.1. The molecule has 0 aliphatic heterocycles. The van der Waals surface area contributed by atoms with Crippen molar-refractivity contribution in [3.05, 3.63) is 59.9 Å². The van der Waals surface area contributed by atoms with Crippen LogP contribution in [-0.4, -0.2) is 4.98 Å². The molecule has 0 atom stereocenters. The molecule has 2 aromatic carbocycles. The van der Waals surface area contributed by atoms with Gasteiger partial charge in [0.25, 0.3) is 0 Å². The van der Waals surface area contributed by atoms with Crippen LogP contribution in [0.25, 0.3) is 22.2 Å². The summed E-state index contributed by atoms with van der Waals surface area (Å²) in [6, 6.07) is 15.9. The van der Waals surface area contributed by atoms with Gasteiger partial charge in [0.2, 0.25) is 0 Å². The fraction of sp³-hybridized carbons (Fsp3) is 0. The first kappa shape index (κ1) is 10.5. The average molecular weight is 236 g/mol. The van der Waals surface area contributed by atoms with E-state index in [9.17, 15) is 4.39 Å². The number of rotatable bonds is 1. The first-order chi connectivity index (χ1) is 8.76. The highest BCUT2D eigenvalue weighted by Crippen LogP contribution is 2.24. The average Bonchev–Trinajstić information content (AvgIpc) is 2.82. The van der Waals surface area contributed by atoms with Gasteiger partial charge in [0.15, 0.2) is 0 Å². The number of nitrogens with one attached hydrogen (secondary N) is 1. The molecule has 0 unspecified atom stereocenters. The lowest BCUT2D eigenvalue weighted by Crippen LogP contribution is -1.77. The highest BCUT2D eigenvalue weighted by Gasteiger charge is 2.04. The van der Waals surface area contributed by atoms with Gasteiger partial charge in [-0.3, -0.25) is 0 Å². The van der Waals surface area contributed by atoms with Crippen LogP contribution in [-0.2, 0) is 0 Å². The van der Waals surface area contributed by atoms with Gasteiger partial charge in [0.1, 0.15) is 5.82 Å². The van der Waals surface area contributed by atoms with Crippen molar-refractivity contribution in [1.29, 1.82) is 5.26 Å². The number of hydrogen-bond acceptors (Lipinski definition) is 1. The third-order valence-electron chi connectivity index (χ3n) is 2.91. The van der Waals surface area contributed by atoms with Crippen LogP contribution in [0.5, 0.6) is 0 Å². The van der Waals surface area contributed by atoms with E-state index in [-0.39, 0.29) is 5.82 Å². The Balaban J connectivity index is 2.13. The predicted molar refractivity (Wildman–Crippen MR) is 68.4 cm³/mol. The molecule has 0 saturated carbocycles. The van der Waals surface area contributed by atoms with Crippen molar-refractivity contribution in [3.8, 4) is 17.3 Å². The van der Waals surface area contributed by atoms with Crippen molar-refractivity contribution in [2.75, 3.05) is 0 Å². The van der Waals surface area contributed by atoms with E-state index < -0.39 is 0 Å². The van der Waals surface area contributed by atoms with Gasteiger partial charge in [-0.1, -0.05) is 0 Å². The molecule has 0 spiro atoms. The molecule has 0 aliphatic carbocycles. The molecule has 86 valence electrons. The number of hydrogen-bond donors (Lipinski definition) is 1. The van der Waals surface area contributed by atoms with Crippen molar-refractivity contribution in [3.63, 3.8) is 0 Å². The standard InChI is InChI=1S/C15H9FN2/c16-13-4-2-11(3-5-13)15-8-12-7-10(9-17)1-6-14(12)18-15/h1-8,18H. The van der Waals surface area contributed by atoms with Gasteiger partial charge in [0, 0.05) is 16.6 Å². The molecule has 0 aliphatic rings. The Labute approximate surface area is 103 Å². The van der Waals surface area contributed by atoms with Crippen molar-refractivity contribution in [2.45, 2.75) is 0 Å². The first-order valence-electron chi connectivity index (χ1n) is 5.55. The van der Waals surface area contributed by atoms with Gasteiger partial charge >= 0.3 is 0 Å². The molecule has 1 N–H and O–H groups in total. The lowest BCUT2D eigenvalue weighted by molar-refractivity contribution is 0.628. The summed E-state index contributed by atoms with van der Waals surface area (Å²) in [5.41, 5.74) is 3.44. The Bertz CT molecular complexity index is 748. The number of fused-ring (bicyclic) bond motifs is 1. The number of benzene rings is 2. The number of aromatic amines is 1. The zero-order valence-corrected chi connectivity index (χ0v) is 9.44. The van der Waals surface area contributed by atoms with Gasteiger partial charge in [-0.2, -0.15) is 5.26 Å². The molecule has 0 saturated heterocycles. The van der Waals surface area contributed by atoms with E-state index in [1.165, 1.54) is 12.1 Å². The lowest BCUT2D eigenvalue weighted by Gasteiger charge is -1.96. The summed E-state index contributed by atoms with van der Waals surface area (Å²) in [6.45, 7) is 0. The van der Waals surface area contributed by atoms with Crippen LogP contribution < -0.4 is 0 Å². The largest absolute Gasteiger partial charge is 0.355 e. The molecule has 0 fully saturated rings. The number of H-pyrrole nitrogens is 1. The minimum absolute atomic E-state index is 0.248. The number of aromatic nitrogens is 1. The smallest absolute Gasteiger partial charge is 0.123 e. The Kier molecular flexibility index (Phi) is 2.35. The van der Waals surface area contributed by atoms with E-state index in [0.29, 0.717) is 5.56 Å². The second-order valence-electron chi connectivity index (χ2n) is 4.10. The van der Waals surface area contributed by atoms with Crippen LogP contribution in [0.4, 0.5) is 4.39 Å². The quantitative estimate of drug-likeness (QED) is 0.685. The normalized spacial score (nSPS) is 10.4. The molecule has 1 aromatic heterocycles. The first-order valence-corrected chi connectivity index (χ1v) is 5.55. The minimum Gasteiger partial charge on any atom is -0.355 e. The van der Waals surface area contributed by atoms with Crippen molar-refractivity contribution >= 4 is 10.9 Å². The lowest BCUT2D eigenvalue weighted by atomic mass is 10.1. The zero-order valence-electron chi connectivity index (χ0n) is 9.44. The number of nitrogens with zero attached hydrogens (tertiary/aromatic N) is 1. The van der Waals surface area contributed by atoms with Crippen molar-refractivity contribution in [2.24, 2.45) is 0 Å². The van der Waals surface area contributed by atoms with Gasteiger partial charge in [0.05, 0.1) is 11.6 Å². The molecule has 1 heterocycles. The Morgan fingerprint density at radius 3 is 2.50 bits per heavy atom. The third kappa shape index (κ3) is 1.74. The van der Waals surface area contributed by atoms with E-state index in [2.05, 4.69) is 11.1 Å². The molecule has 3 heteroatoms. The second-order valence-corrected chi connectivity index (χ2v) is 4.10. The van der Waals surface area contributed by atoms with Gasteiger partial charge in [-0.05, 0) is 54.1 Å². The van der Waals surface area contributed by atoms with Crippen LogP contribution in [0.3, 0.4) is 0 Å². The van der Waals surface area contributed by atoms with Crippen LogP contribution in [0.15, 0.2) is 48.5 Å². The fourth-order valence-corrected chi connectivity index (χ4v) is 1.99. The third-order valence-corrected chi connectivity index (χ3v) is 2.91. The van der Waals surface area contributed by atoms with Gasteiger partial charge in [-0.25, -0.2) is 4.39 Å². The summed E-state index contributed by atoms with van der Waals surface area (Å²) in [5.74, 6) is -0.248. The molecule has 3 rings (SSSR count). The van der Waals surface area contributed by atoms with Gasteiger partial charge in [-0.15, -0.1) is 0 Å². The molecule has 0 bridgehead atoms. The van der Waals surface area contributed by atoms with Crippen LogP contribution in [0.1, 0.15) is 5.56 Å². The number of nitriles is 1. The maximum Gasteiger partial charge on any atom is 0.123 e. The Morgan fingerprint density at radius 1 is 1.00 bits per heavy atom. The molecule has 2 nitrogen and oxygen atoms in total. The fourth-order valence-electron chi connectivity index (χ4n) is 1.99. The van der Waals surface area contributed by atoms with E-state index >= 15 is 0 Å². The molecular weight excluding hydrogens is 227 g/mol. The summed E-state index contributed by atoms with van der Waals surface area (Å²) < 4.78 is 12.9. The maximum atomic E-state index is 12.9. The summed E-state index contributed by atoms with van der Waals surface area (Å²) >= 11 is 0. The summed E-state index contributed by atoms with van der Waals surface area (Å²) in [6.07, 6.45) is 0. The van der Waals surface area contributed by atoms with Crippen LogP contribution >= 0.6 is 0 Å². The topological polar surface area (TPSA) is 39.6 Å². The van der Waals surface area contributed by atoms with E-state index in [0.717, 1.165) is 22.2 Å². The SMILES string of the molecule is N#Cc1ccc2[nH]c(-c3ccc(F)cc3)cc2c1. The zero-order chi connectivity index (χ0) is 12.5. The molecule has 3 aromatic rings. The highest BCUT2D eigenvalue weighted by molar-refractivity contribution is 5.86. The predicted octanol–water partition coefficient (Wildman–Crippen LogP) is 3.85. The summed E-state index contributed by atoms with van der Waals surface area (Å²) in [7, 11) is 0. The molecule has 0 amide bonds. The molecule has 18 heavy (non-hydrogen) atoms. The molecular formula is C15H9FN2. The summed E-state index contributed by atoms with van der Waals surface area (Å²) in [4.78, 5) is 3.25. The minimum atomic E-state index is -0.248. The number of halogens is 1. The monoisotopic (exact) mass is 236 g/mol. The van der Waals surface area contributed by atoms with Crippen molar-refractivity contribution < 1.29 is 4.39 Å². The van der Waals surface area contributed by atoms with Crippen molar-refractivity contribution in [1.82, 2.24) is 4.98 Å². The van der Waals surface area contributed by atoms with E-state index in [1.807, 2.05) is 18.2 Å². The van der Waals surface area contributed by atoms with E-state index in [4.69, 9.17) is 5.26 Å². The van der Waals surface area contributed by atoms with Crippen LogP contribution in [0.2, 0.25) is 0 Å². The second kappa shape index (κ2) is 4.01. The maximum absolute atomic E-state index is 12.9. The summed E-state index contributed by atoms with van der Waals surface area (Å²) in [5, 5.41) is 9.83. The van der Waals surface area contributed by atoms with Gasteiger partial charge < -0.3 is 4.98 Å².